The smallest absolute Gasteiger partial charge is 0.186 e. The first kappa shape index (κ1) is 11.6. The Labute approximate surface area is 104 Å². The Balaban J connectivity index is 1.94. The van der Waals surface area contributed by atoms with E-state index >= 15 is 0 Å². The van der Waals surface area contributed by atoms with E-state index in [4.69, 9.17) is 5.26 Å². The Morgan fingerprint density at radius 3 is 2.82 bits per heavy atom. The van der Waals surface area contributed by atoms with Gasteiger partial charge in [0.1, 0.15) is 10.9 Å². The second-order valence-corrected chi connectivity index (χ2v) is 4.66. The van der Waals surface area contributed by atoms with Crippen LogP contribution in [0.1, 0.15) is 10.4 Å². The third-order valence-electron chi connectivity index (χ3n) is 2.42. The van der Waals surface area contributed by atoms with Crippen LogP contribution in [0.5, 0.6) is 0 Å². The SMILES string of the molecule is CN(CCc1ccncc1)c1ncc(C#N)s1. The number of nitrogens with zero attached hydrogens (tertiary/aromatic N) is 4. The van der Waals surface area contributed by atoms with Crippen LogP contribution in [0.15, 0.2) is 30.7 Å². The maximum atomic E-state index is 8.74. The van der Waals surface area contributed by atoms with Crippen molar-refractivity contribution in [2.45, 2.75) is 6.42 Å². The minimum absolute atomic E-state index is 0.649. The number of rotatable bonds is 4. The molecule has 0 spiro atoms. The standard InChI is InChI=1S/C12H12N4S/c1-16(12-15-9-11(8-13)17-12)7-4-10-2-5-14-6-3-10/h2-3,5-6,9H,4,7H2,1H3. The van der Waals surface area contributed by atoms with Crippen molar-refractivity contribution in [2.24, 2.45) is 0 Å². The van der Waals surface area contributed by atoms with Gasteiger partial charge in [0, 0.05) is 26.0 Å². The molecule has 0 radical (unpaired) electrons. The molecular formula is C12H12N4S. The molecule has 0 atom stereocenters. The van der Waals surface area contributed by atoms with Gasteiger partial charge in [-0.15, -0.1) is 0 Å². The number of pyridine rings is 1. The summed E-state index contributed by atoms with van der Waals surface area (Å²) < 4.78 is 0. The van der Waals surface area contributed by atoms with Crippen LogP contribution in [0.3, 0.4) is 0 Å². The molecule has 2 rings (SSSR count). The summed E-state index contributed by atoms with van der Waals surface area (Å²) in [6, 6.07) is 6.12. The molecule has 0 aromatic carbocycles. The second-order valence-electron chi connectivity index (χ2n) is 3.65. The van der Waals surface area contributed by atoms with Gasteiger partial charge in [0.15, 0.2) is 5.13 Å². The average molecular weight is 244 g/mol. The lowest BCUT2D eigenvalue weighted by atomic mass is 10.2. The van der Waals surface area contributed by atoms with E-state index in [0.29, 0.717) is 4.88 Å². The Kier molecular flexibility index (Phi) is 3.68. The van der Waals surface area contributed by atoms with Gasteiger partial charge >= 0.3 is 0 Å². The third kappa shape index (κ3) is 3.02. The number of anilines is 1. The zero-order valence-electron chi connectivity index (χ0n) is 9.50. The highest BCUT2D eigenvalue weighted by Crippen LogP contribution is 2.20. The molecule has 0 bridgehead atoms. The molecular weight excluding hydrogens is 232 g/mol. The Bertz CT molecular complexity index is 515. The number of nitriles is 1. The number of thiazole rings is 1. The Morgan fingerprint density at radius 2 is 2.18 bits per heavy atom. The highest BCUT2D eigenvalue weighted by molar-refractivity contribution is 7.16. The van der Waals surface area contributed by atoms with Gasteiger partial charge in [0.2, 0.25) is 0 Å². The fraction of sp³-hybridized carbons (Fsp3) is 0.250. The van der Waals surface area contributed by atoms with E-state index < -0.39 is 0 Å². The van der Waals surface area contributed by atoms with Crippen molar-refractivity contribution in [3.8, 4) is 6.07 Å². The maximum absolute atomic E-state index is 8.74. The largest absolute Gasteiger partial charge is 0.351 e. The summed E-state index contributed by atoms with van der Waals surface area (Å²) in [6.45, 7) is 0.877. The number of aromatic nitrogens is 2. The van der Waals surface area contributed by atoms with Crippen molar-refractivity contribution >= 4 is 16.5 Å². The van der Waals surface area contributed by atoms with Gasteiger partial charge < -0.3 is 4.90 Å². The molecule has 86 valence electrons. The second kappa shape index (κ2) is 5.41. The van der Waals surface area contributed by atoms with Crippen LogP contribution in [0, 0.1) is 11.3 Å². The van der Waals surface area contributed by atoms with Crippen molar-refractivity contribution in [2.75, 3.05) is 18.5 Å². The van der Waals surface area contributed by atoms with Gasteiger partial charge in [-0.3, -0.25) is 4.98 Å². The van der Waals surface area contributed by atoms with E-state index in [9.17, 15) is 0 Å². The fourth-order valence-electron chi connectivity index (χ4n) is 1.43. The topological polar surface area (TPSA) is 52.8 Å². The minimum atomic E-state index is 0.649. The Morgan fingerprint density at radius 1 is 1.41 bits per heavy atom. The molecule has 0 saturated carbocycles. The first-order valence-electron chi connectivity index (χ1n) is 5.25. The zero-order chi connectivity index (χ0) is 12.1. The number of hydrogen-bond donors (Lipinski definition) is 0. The summed E-state index contributed by atoms with van der Waals surface area (Å²) in [5.74, 6) is 0. The van der Waals surface area contributed by atoms with Gasteiger partial charge in [0.25, 0.3) is 0 Å². The predicted octanol–water partition coefficient (Wildman–Crippen LogP) is 2.09. The van der Waals surface area contributed by atoms with Gasteiger partial charge in [-0.2, -0.15) is 5.26 Å². The van der Waals surface area contributed by atoms with Crippen LogP contribution < -0.4 is 4.90 Å². The van der Waals surface area contributed by atoms with Gasteiger partial charge in [0.05, 0.1) is 6.20 Å². The van der Waals surface area contributed by atoms with Crippen molar-refractivity contribution in [3.05, 3.63) is 41.2 Å². The van der Waals surface area contributed by atoms with Crippen molar-refractivity contribution < 1.29 is 0 Å². The van der Waals surface area contributed by atoms with E-state index in [0.717, 1.165) is 18.1 Å². The molecule has 0 aliphatic rings. The first-order valence-corrected chi connectivity index (χ1v) is 6.07. The summed E-state index contributed by atoms with van der Waals surface area (Å²) in [6.07, 6.45) is 6.16. The van der Waals surface area contributed by atoms with Gasteiger partial charge in [-0.1, -0.05) is 11.3 Å². The molecule has 2 aromatic heterocycles. The monoisotopic (exact) mass is 244 g/mol. The minimum Gasteiger partial charge on any atom is -0.351 e. The van der Waals surface area contributed by atoms with Crippen LogP contribution in [0.4, 0.5) is 5.13 Å². The number of likely N-dealkylation sites (N-methyl/N-ethyl adjacent to an activating group) is 1. The maximum Gasteiger partial charge on any atom is 0.186 e. The molecule has 0 saturated heterocycles. The molecule has 17 heavy (non-hydrogen) atoms. The van der Waals surface area contributed by atoms with Crippen molar-refractivity contribution in [1.29, 1.82) is 5.26 Å². The van der Waals surface area contributed by atoms with Crippen LogP contribution >= 0.6 is 11.3 Å². The van der Waals surface area contributed by atoms with E-state index in [-0.39, 0.29) is 0 Å². The van der Waals surface area contributed by atoms with E-state index in [2.05, 4.69) is 20.9 Å². The number of hydrogen-bond acceptors (Lipinski definition) is 5. The summed E-state index contributed by atoms with van der Waals surface area (Å²) in [4.78, 5) is 10.9. The van der Waals surface area contributed by atoms with E-state index in [1.807, 2.05) is 19.2 Å². The fourth-order valence-corrected chi connectivity index (χ4v) is 2.14. The lowest BCUT2D eigenvalue weighted by Crippen LogP contribution is -2.19. The van der Waals surface area contributed by atoms with Crippen molar-refractivity contribution in [3.63, 3.8) is 0 Å². The molecule has 4 nitrogen and oxygen atoms in total. The molecule has 0 N–H and O–H groups in total. The van der Waals surface area contributed by atoms with E-state index in [1.54, 1.807) is 18.6 Å². The molecule has 2 aromatic rings. The van der Waals surface area contributed by atoms with Crippen LogP contribution in [0.25, 0.3) is 0 Å². The normalized spacial score (nSPS) is 9.88. The highest BCUT2D eigenvalue weighted by atomic mass is 32.1. The molecule has 0 fully saturated rings. The quantitative estimate of drug-likeness (QED) is 0.826. The predicted molar refractivity (Wildman–Crippen MR) is 68.0 cm³/mol. The van der Waals surface area contributed by atoms with Gasteiger partial charge in [-0.05, 0) is 24.1 Å². The van der Waals surface area contributed by atoms with Crippen molar-refractivity contribution in [1.82, 2.24) is 9.97 Å². The molecule has 0 aliphatic heterocycles. The van der Waals surface area contributed by atoms with Crippen LogP contribution in [-0.2, 0) is 6.42 Å². The van der Waals surface area contributed by atoms with Crippen LogP contribution in [0.2, 0.25) is 0 Å². The van der Waals surface area contributed by atoms with E-state index in [1.165, 1.54) is 16.9 Å². The lowest BCUT2D eigenvalue weighted by Gasteiger charge is -2.15. The zero-order valence-corrected chi connectivity index (χ0v) is 10.3. The van der Waals surface area contributed by atoms with Gasteiger partial charge in [-0.25, -0.2) is 4.98 Å². The lowest BCUT2D eigenvalue weighted by molar-refractivity contribution is 0.870. The van der Waals surface area contributed by atoms with Crippen LogP contribution in [-0.4, -0.2) is 23.6 Å². The molecule has 0 amide bonds. The molecule has 2 heterocycles. The first-order chi connectivity index (χ1) is 8.29. The molecule has 5 heteroatoms. The summed E-state index contributed by atoms with van der Waals surface area (Å²) in [5, 5.41) is 9.62. The molecule has 0 unspecified atom stereocenters. The molecule has 0 aliphatic carbocycles. The average Bonchev–Trinajstić information content (AvgIpc) is 2.86. The third-order valence-corrected chi connectivity index (χ3v) is 3.43. The highest BCUT2D eigenvalue weighted by Gasteiger charge is 2.06. The Hall–Kier alpha value is -1.93. The summed E-state index contributed by atoms with van der Waals surface area (Å²) >= 11 is 1.42. The summed E-state index contributed by atoms with van der Waals surface area (Å²) in [7, 11) is 1.99. The summed E-state index contributed by atoms with van der Waals surface area (Å²) in [5.41, 5.74) is 1.25.